The second-order valence-electron chi connectivity index (χ2n) is 2.38. The van der Waals surface area contributed by atoms with E-state index in [9.17, 15) is 4.79 Å². The summed E-state index contributed by atoms with van der Waals surface area (Å²) in [6.07, 6.45) is 0. The number of anilines is 1. The Balaban J connectivity index is 2.83. The minimum absolute atomic E-state index is 0.0114. The number of amides is 1. The number of hydrogen-bond donors (Lipinski definition) is 2. The Morgan fingerprint density at radius 3 is 2.69 bits per heavy atom. The van der Waals surface area contributed by atoms with Gasteiger partial charge in [0.05, 0.1) is 12.2 Å². The first-order valence-corrected chi connectivity index (χ1v) is 5.17. The summed E-state index contributed by atoms with van der Waals surface area (Å²) in [5.41, 5.74) is 5.88. The van der Waals surface area contributed by atoms with Crippen molar-refractivity contribution in [2.75, 3.05) is 11.9 Å². The molecule has 3 nitrogen and oxygen atoms in total. The van der Waals surface area contributed by atoms with Gasteiger partial charge in [0.2, 0.25) is 5.91 Å². The predicted octanol–water partition coefficient (Wildman–Crippen LogP) is 2.11. The third-order valence-corrected chi connectivity index (χ3v) is 2.54. The van der Waals surface area contributed by atoms with E-state index >= 15 is 0 Å². The van der Waals surface area contributed by atoms with E-state index in [2.05, 4.69) is 37.2 Å². The van der Waals surface area contributed by atoms with E-state index in [0.29, 0.717) is 0 Å². The van der Waals surface area contributed by atoms with Gasteiger partial charge in [-0.1, -0.05) is 15.9 Å². The number of halogens is 2. The van der Waals surface area contributed by atoms with Gasteiger partial charge >= 0.3 is 0 Å². The topological polar surface area (TPSA) is 55.1 Å². The lowest BCUT2D eigenvalue weighted by atomic mass is 10.3. The first-order valence-electron chi connectivity index (χ1n) is 3.58. The maximum Gasteiger partial charge on any atom is 0.238 e. The van der Waals surface area contributed by atoms with Crippen LogP contribution in [0.2, 0.25) is 0 Å². The van der Waals surface area contributed by atoms with Crippen molar-refractivity contribution in [1.82, 2.24) is 0 Å². The standard InChI is InChI=1S/C8H8Br2N2O/c9-5-1-2-7(6(10)3-5)12-8(13)4-11/h1-3H,4,11H2,(H,12,13). The zero-order valence-electron chi connectivity index (χ0n) is 6.68. The largest absolute Gasteiger partial charge is 0.324 e. The SMILES string of the molecule is NCC(=O)Nc1ccc(Br)cc1Br. The van der Waals surface area contributed by atoms with Gasteiger partial charge in [-0.2, -0.15) is 0 Å². The molecule has 0 atom stereocenters. The van der Waals surface area contributed by atoms with Crippen molar-refractivity contribution in [2.24, 2.45) is 5.73 Å². The number of rotatable bonds is 2. The van der Waals surface area contributed by atoms with Crippen LogP contribution in [0, 0.1) is 0 Å². The van der Waals surface area contributed by atoms with Gasteiger partial charge in [0.1, 0.15) is 0 Å². The smallest absolute Gasteiger partial charge is 0.238 e. The van der Waals surface area contributed by atoms with Crippen molar-refractivity contribution in [2.45, 2.75) is 0 Å². The van der Waals surface area contributed by atoms with Crippen molar-refractivity contribution in [1.29, 1.82) is 0 Å². The Hall–Kier alpha value is -0.390. The first-order chi connectivity index (χ1) is 6.13. The highest BCUT2D eigenvalue weighted by Gasteiger charge is 2.03. The van der Waals surface area contributed by atoms with Crippen LogP contribution in [-0.4, -0.2) is 12.5 Å². The van der Waals surface area contributed by atoms with Gasteiger partial charge in [-0.3, -0.25) is 4.79 Å². The average molecular weight is 308 g/mol. The van der Waals surface area contributed by atoms with Crippen molar-refractivity contribution in [3.05, 3.63) is 27.1 Å². The van der Waals surface area contributed by atoms with Crippen LogP contribution in [0.3, 0.4) is 0 Å². The Labute approximate surface area is 92.9 Å². The Morgan fingerprint density at radius 2 is 2.15 bits per heavy atom. The van der Waals surface area contributed by atoms with Gasteiger partial charge in [0.15, 0.2) is 0 Å². The van der Waals surface area contributed by atoms with Crippen LogP contribution in [0.4, 0.5) is 5.69 Å². The molecule has 3 N–H and O–H groups in total. The number of hydrogen-bond acceptors (Lipinski definition) is 2. The summed E-state index contributed by atoms with van der Waals surface area (Å²) in [4.78, 5) is 10.9. The molecule has 1 rings (SSSR count). The summed E-state index contributed by atoms with van der Waals surface area (Å²) < 4.78 is 1.77. The summed E-state index contributed by atoms with van der Waals surface area (Å²) in [5, 5.41) is 2.66. The molecule has 0 spiro atoms. The third kappa shape index (κ3) is 3.10. The molecular weight excluding hydrogens is 300 g/mol. The van der Waals surface area contributed by atoms with Crippen LogP contribution in [0.1, 0.15) is 0 Å². The summed E-state index contributed by atoms with van der Waals surface area (Å²) >= 11 is 6.63. The molecule has 13 heavy (non-hydrogen) atoms. The normalized spacial score (nSPS) is 9.77. The molecule has 0 radical (unpaired) electrons. The fourth-order valence-corrected chi connectivity index (χ4v) is 1.94. The van der Waals surface area contributed by atoms with Gasteiger partial charge in [-0.25, -0.2) is 0 Å². The van der Waals surface area contributed by atoms with E-state index in [1.165, 1.54) is 0 Å². The molecule has 0 aliphatic heterocycles. The lowest BCUT2D eigenvalue weighted by Crippen LogP contribution is -2.21. The molecule has 0 aliphatic rings. The molecule has 1 aromatic rings. The summed E-state index contributed by atoms with van der Waals surface area (Å²) in [6, 6.07) is 5.49. The predicted molar refractivity (Wildman–Crippen MR) is 59.5 cm³/mol. The fourth-order valence-electron chi connectivity index (χ4n) is 0.792. The van der Waals surface area contributed by atoms with Crippen LogP contribution in [-0.2, 0) is 4.79 Å². The molecule has 0 heterocycles. The van der Waals surface area contributed by atoms with Crippen molar-refractivity contribution < 1.29 is 4.79 Å². The van der Waals surface area contributed by atoms with Crippen LogP contribution in [0.5, 0.6) is 0 Å². The quantitative estimate of drug-likeness (QED) is 0.879. The van der Waals surface area contributed by atoms with Crippen molar-refractivity contribution in [3.63, 3.8) is 0 Å². The maximum absolute atomic E-state index is 10.9. The molecule has 0 aromatic heterocycles. The molecule has 0 unspecified atom stereocenters. The molecule has 0 aliphatic carbocycles. The second kappa shape index (κ2) is 4.74. The average Bonchev–Trinajstić information content (AvgIpc) is 2.09. The monoisotopic (exact) mass is 306 g/mol. The van der Waals surface area contributed by atoms with Gasteiger partial charge in [0.25, 0.3) is 0 Å². The molecule has 0 fully saturated rings. The summed E-state index contributed by atoms with van der Waals surface area (Å²) in [7, 11) is 0. The molecule has 0 saturated carbocycles. The van der Waals surface area contributed by atoms with E-state index in [-0.39, 0.29) is 12.5 Å². The third-order valence-electron chi connectivity index (χ3n) is 1.39. The number of benzene rings is 1. The van der Waals surface area contributed by atoms with Crippen LogP contribution in [0.25, 0.3) is 0 Å². The molecule has 70 valence electrons. The zero-order valence-corrected chi connectivity index (χ0v) is 9.85. The Kier molecular flexibility index (Phi) is 3.90. The van der Waals surface area contributed by atoms with E-state index in [1.54, 1.807) is 6.07 Å². The number of nitrogens with one attached hydrogen (secondary N) is 1. The van der Waals surface area contributed by atoms with Gasteiger partial charge in [0, 0.05) is 8.95 Å². The zero-order chi connectivity index (χ0) is 9.84. The highest BCUT2D eigenvalue weighted by molar-refractivity contribution is 9.11. The molecule has 0 bridgehead atoms. The van der Waals surface area contributed by atoms with E-state index in [4.69, 9.17) is 5.73 Å². The Bertz CT molecular complexity index is 328. The van der Waals surface area contributed by atoms with E-state index in [1.807, 2.05) is 12.1 Å². The minimum Gasteiger partial charge on any atom is -0.324 e. The summed E-state index contributed by atoms with van der Waals surface area (Å²) in [6.45, 7) is -0.0114. The van der Waals surface area contributed by atoms with Gasteiger partial charge in [-0.15, -0.1) is 0 Å². The van der Waals surface area contributed by atoms with Crippen molar-refractivity contribution in [3.8, 4) is 0 Å². The first kappa shape index (κ1) is 10.7. The highest BCUT2D eigenvalue weighted by Crippen LogP contribution is 2.25. The maximum atomic E-state index is 10.9. The van der Waals surface area contributed by atoms with Crippen LogP contribution in [0.15, 0.2) is 27.1 Å². The van der Waals surface area contributed by atoms with Crippen molar-refractivity contribution >= 4 is 43.5 Å². The van der Waals surface area contributed by atoms with Crippen LogP contribution >= 0.6 is 31.9 Å². The lowest BCUT2D eigenvalue weighted by Gasteiger charge is -2.05. The summed E-state index contributed by atoms with van der Waals surface area (Å²) in [5.74, 6) is -0.206. The number of carbonyl (C=O) groups is 1. The number of carbonyl (C=O) groups excluding carboxylic acids is 1. The Morgan fingerprint density at radius 1 is 1.46 bits per heavy atom. The molecular formula is C8H8Br2N2O. The lowest BCUT2D eigenvalue weighted by molar-refractivity contribution is -0.114. The molecule has 1 amide bonds. The molecule has 5 heteroatoms. The van der Waals surface area contributed by atoms with Crippen LogP contribution < -0.4 is 11.1 Å². The highest BCUT2D eigenvalue weighted by atomic mass is 79.9. The minimum atomic E-state index is -0.206. The molecule has 0 saturated heterocycles. The fraction of sp³-hybridized carbons (Fsp3) is 0.125. The van der Waals surface area contributed by atoms with Gasteiger partial charge in [-0.05, 0) is 34.1 Å². The second-order valence-corrected chi connectivity index (χ2v) is 4.15. The van der Waals surface area contributed by atoms with Gasteiger partial charge < -0.3 is 11.1 Å². The molecule has 1 aromatic carbocycles. The van der Waals surface area contributed by atoms with E-state index < -0.39 is 0 Å². The van der Waals surface area contributed by atoms with E-state index in [0.717, 1.165) is 14.6 Å². The number of nitrogens with two attached hydrogens (primary N) is 1.